The van der Waals surface area contributed by atoms with Crippen LogP contribution in [0.25, 0.3) is 0 Å². The number of benzene rings is 1. The van der Waals surface area contributed by atoms with Gasteiger partial charge in [0.25, 0.3) is 5.91 Å². The van der Waals surface area contributed by atoms with Gasteiger partial charge in [0.2, 0.25) is 0 Å². The topological polar surface area (TPSA) is 54.7 Å². The van der Waals surface area contributed by atoms with Gasteiger partial charge in [-0.15, -0.1) is 0 Å². The highest BCUT2D eigenvalue weighted by Crippen LogP contribution is 2.25. The highest BCUT2D eigenvalue weighted by molar-refractivity contribution is 6.30. The maximum atomic E-state index is 12.4. The molecule has 25 heavy (non-hydrogen) atoms. The van der Waals surface area contributed by atoms with Crippen molar-refractivity contribution in [1.82, 2.24) is 10.2 Å². The lowest BCUT2D eigenvalue weighted by atomic mass is 10.2. The van der Waals surface area contributed by atoms with E-state index in [1.807, 2.05) is 12.1 Å². The van der Waals surface area contributed by atoms with Gasteiger partial charge >= 0.3 is 0 Å². The van der Waals surface area contributed by atoms with E-state index in [0.717, 1.165) is 18.8 Å². The number of furan rings is 1. The molecule has 2 aromatic rings. The van der Waals surface area contributed by atoms with Crippen LogP contribution < -0.4 is 10.1 Å². The minimum Gasteiger partial charge on any atom is -0.481 e. The van der Waals surface area contributed by atoms with Crippen LogP contribution in [0.4, 0.5) is 0 Å². The van der Waals surface area contributed by atoms with Crippen LogP contribution in [0, 0.1) is 0 Å². The number of ether oxygens (including phenoxy) is 1. The fourth-order valence-corrected chi connectivity index (χ4v) is 3.26. The normalized spacial score (nSPS) is 17.2. The molecule has 1 aromatic carbocycles. The molecule has 0 radical (unpaired) electrons. The third-order valence-corrected chi connectivity index (χ3v) is 4.64. The Hall–Kier alpha value is -1.98. The van der Waals surface area contributed by atoms with E-state index in [4.69, 9.17) is 20.8 Å². The molecule has 1 saturated heterocycles. The van der Waals surface area contributed by atoms with E-state index in [9.17, 15) is 4.79 Å². The number of rotatable bonds is 7. The summed E-state index contributed by atoms with van der Waals surface area (Å²) in [5, 5.41) is 3.56. The number of nitrogens with zero attached hydrogens (tertiary/aromatic N) is 1. The van der Waals surface area contributed by atoms with Crippen LogP contribution in [0.2, 0.25) is 5.02 Å². The molecule has 0 spiro atoms. The van der Waals surface area contributed by atoms with Crippen molar-refractivity contribution in [2.45, 2.75) is 31.9 Å². The van der Waals surface area contributed by atoms with Gasteiger partial charge < -0.3 is 14.5 Å². The summed E-state index contributed by atoms with van der Waals surface area (Å²) in [6, 6.07) is 10.9. The molecular formula is C19H23ClN2O3. The molecule has 3 rings (SSSR count). The minimum absolute atomic E-state index is 0.0554. The summed E-state index contributed by atoms with van der Waals surface area (Å²) < 4.78 is 11.2. The van der Waals surface area contributed by atoms with E-state index in [0.29, 0.717) is 17.3 Å². The van der Waals surface area contributed by atoms with E-state index in [1.54, 1.807) is 37.5 Å². The molecule has 1 N–H and O–H groups in total. The second-order valence-electron chi connectivity index (χ2n) is 6.24. The third kappa shape index (κ3) is 4.77. The van der Waals surface area contributed by atoms with Gasteiger partial charge in [-0.25, -0.2) is 0 Å². The lowest BCUT2D eigenvalue weighted by Gasteiger charge is -2.26. The molecular weight excluding hydrogens is 340 g/mol. The number of carbonyl (C=O) groups excluding carboxylic acids is 1. The summed E-state index contributed by atoms with van der Waals surface area (Å²) in [5.74, 6) is 1.30. The van der Waals surface area contributed by atoms with E-state index in [-0.39, 0.29) is 11.9 Å². The molecule has 1 fully saturated rings. The summed E-state index contributed by atoms with van der Waals surface area (Å²) in [5.41, 5.74) is 0. The average Bonchev–Trinajstić information content (AvgIpc) is 3.29. The van der Waals surface area contributed by atoms with Crippen molar-refractivity contribution >= 4 is 17.5 Å². The number of hydrogen-bond donors (Lipinski definition) is 1. The Kier molecular flexibility index (Phi) is 6.00. The molecule has 2 atom stereocenters. The van der Waals surface area contributed by atoms with Crippen molar-refractivity contribution in [3.05, 3.63) is 53.4 Å². The van der Waals surface area contributed by atoms with Crippen LogP contribution in [0.1, 0.15) is 31.6 Å². The van der Waals surface area contributed by atoms with Crippen LogP contribution in [0.5, 0.6) is 5.75 Å². The van der Waals surface area contributed by atoms with E-state index in [1.165, 1.54) is 12.8 Å². The predicted molar refractivity (Wildman–Crippen MR) is 96.8 cm³/mol. The number of halogens is 1. The molecule has 0 unspecified atom stereocenters. The zero-order chi connectivity index (χ0) is 17.6. The highest BCUT2D eigenvalue weighted by atomic mass is 35.5. The second kappa shape index (κ2) is 8.41. The first kappa shape index (κ1) is 17.8. The Labute approximate surface area is 152 Å². The van der Waals surface area contributed by atoms with Crippen LogP contribution in [-0.4, -0.2) is 36.5 Å². The number of amides is 1. The first-order valence-corrected chi connectivity index (χ1v) is 8.98. The fraction of sp³-hybridized carbons (Fsp3) is 0.421. The van der Waals surface area contributed by atoms with E-state index in [2.05, 4.69) is 10.2 Å². The van der Waals surface area contributed by atoms with Crippen LogP contribution in [0.3, 0.4) is 0 Å². The lowest BCUT2D eigenvalue weighted by Crippen LogP contribution is -2.41. The van der Waals surface area contributed by atoms with E-state index < -0.39 is 6.10 Å². The summed E-state index contributed by atoms with van der Waals surface area (Å²) >= 11 is 5.94. The summed E-state index contributed by atoms with van der Waals surface area (Å²) in [6.45, 7) is 4.27. The molecule has 1 aliphatic heterocycles. The molecule has 0 saturated carbocycles. The molecule has 1 amide bonds. The predicted octanol–water partition coefficient (Wildman–Crippen LogP) is 3.65. The summed E-state index contributed by atoms with van der Waals surface area (Å²) in [7, 11) is 0. The molecule has 0 aliphatic carbocycles. The second-order valence-corrected chi connectivity index (χ2v) is 6.67. The molecule has 2 heterocycles. The number of likely N-dealkylation sites (tertiary alicyclic amines) is 1. The maximum Gasteiger partial charge on any atom is 0.260 e. The van der Waals surface area contributed by atoms with Gasteiger partial charge in [-0.05, 0) is 63.2 Å². The van der Waals surface area contributed by atoms with Crippen LogP contribution in [-0.2, 0) is 4.79 Å². The maximum absolute atomic E-state index is 12.4. The van der Waals surface area contributed by atoms with Crippen molar-refractivity contribution in [3.8, 4) is 5.75 Å². The molecule has 6 heteroatoms. The largest absolute Gasteiger partial charge is 0.481 e. The Morgan fingerprint density at radius 1 is 1.32 bits per heavy atom. The monoisotopic (exact) mass is 362 g/mol. The number of nitrogens with one attached hydrogen (secondary N) is 1. The Balaban J connectivity index is 1.57. The smallest absolute Gasteiger partial charge is 0.260 e. The Bertz CT molecular complexity index is 684. The molecule has 5 nitrogen and oxygen atoms in total. The molecule has 1 aliphatic rings. The lowest BCUT2D eigenvalue weighted by molar-refractivity contribution is -0.127. The highest BCUT2D eigenvalue weighted by Gasteiger charge is 2.26. The average molecular weight is 363 g/mol. The van der Waals surface area contributed by atoms with Crippen LogP contribution in [0.15, 0.2) is 47.1 Å². The molecule has 134 valence electrons. The van der Waals surface area contributed by atoms with Crippen molar-refractivity contribution in [2.24, 2.45) is 0 Å². The number of carbonyl (C=O) groups is 1. The van der Waals surface area contributed by atoms with Gasteiger partial charge in [0.05, 0.1) is 12.3 Å². The summed E-state index contributed by atoms with van der Waals surface area (Å²) in [6.07, 6.45) is 3.43. The van der Waals surface area contributed by atoms with Gasteiger partial charge in [-0.1, -0.05) is 17.7 Å². The molecule has 1 aromatic heterocycles. The Morgan fingerprint density at radius 3 is 2.80 bits per heavy atom. The van der Waals surface area contributed by atoms with Crippen molar-refractivity contribution in [2.75, 3.05) is 19.6 Å². The summed E-state index contributed by atoms with van der Waals surface area (Å²) in [4.78, 5) is 14.8. The zero-order valence-corrected chi connectivity index (χ0v) is 15.0. The number of hydrogen-bond acceptors (Lipinski definition) is 4. The van der Waals surface area contributed by atoms with Crippen LogP contribution >= 0.6 is 11.6 Å². The first-order valence-electron chi connectivity index (χ1n) is 8.61. The third-order valence-electron chi connectivity index (χ3n) is 4.40. The molecule has 0 bridgehead atoms. The zero-order valence-electron chi connectivity index (χ0n) is 14.3. The minimum atomic E-state index is -0.603. The van der Waals surface area contributed by atoms with Gasteiger partial charge in [-0.2, -0.15) is 0 Å². The fourth-order valence-electron chi connectivity index (χ4n) is 3.08. The van der Waals surface area contributed by atoms with Gasteiger partial charge in [0.15, 0.2) is 6.10 Å². The SMILES string of the molecule is C[C@@H](Oc1cccc(Cl)c1)C(=O)NC[C@@H](c1ccco1)N1CCCC1. The quantitative estimate of drug-likeness (QED) is 0.816. The van der Waals surface area contributed by atoms with Gasteiger partial charge in [0, 0.05) is 11.6 Å². The van der Waals surface area contributed by atoms with Crippen molar-refractivity contribution in [1.29, 1.82) is 0 Å². The van der Waals surface area contributed by atoms with Gasteiger partial charge in [-0.3, -0.25) is 9.69 Å². The van der Waals surface area contributed by atoms with Crippen molar-refractivity contribution < 1.29 is 13.9 Å². The Morgan fingerprint density at radius 2 is 2.12 bits per heavy atom. The van der Waals surface area contributed by atoms with Crippen molar-refractivity contribution in [3.63, 3.8) is 0 Å². The first-order chi connectivity index (χ1) is 12.1. The standard InChI is InChI=1S/C19H23ClN2O3/c1-14(25-16-7-4-6-15(20)12-16)19(23)21-13-17(18-8-5-11-24-18)22-9-2-3-10-22/h4-8,11-12,14,17H,2-3,9-10,13H2,1H3,(H,21,23)/t14-,17+/m1/s1. The van der Waals surface area contributed by atoms with E-state index >= 15 is 0 Å². The van der Waals surface area contributed by atoms with Gasteiger partial charge in [0.1, 0.15) is 11.5 Å².